The van der Waals surface area contributed by atoms with Crippen molar-refractivity contribution in [2.75, 3.05) is 13.6 Å². The molecule has 0 spiro atoms. The van der Waals surface area contributed by atoms with Crippen molar-refractivity contribution >= 4 is 0 Å². The minimum absolute atomic E-state index is 0.252. The molecule has 0 bridgehead atoms. The van der Waals surface area contributed by atoms with Crippen LogP contribution in [0.1, 0.15) is 26.2 Å². The number of likely N-dealkylation sites (tertiary alicyclic amines) is 1. The van der Waals surface area contributed by atoms with Gasteiger partial charge in [-0.25, -0.2) is 0 Å². The molecule has 0 saturated carbocycles. The molecule has 1 fully saturated rings. The first-order valence-electron chi connectivity index (χ1n) is 4.39. The largest absolute Gasteiger partial charge is 0.302 e. The van der Waals surface area contributed by atoms with E-state index in [9.17, 15) is 0 Å². The van der Waals surface area contributed by atoms with Crippen molar-refractivity contribution in [2.24, 2.45) is 5.92 Å². The van der Waals surface area contributed by atoms with Crippen LogP contribution in [0.2, 0.25) is 0 Å². The maximum absolute atomic E-state index is 8.83. The average molecular weight is 152 g/mol. The van der Waals surface area contributed by atoms with Crippen LogP contribution in [0.4, 0.5) is 0 Å². The Balaban J connectivity index is 2.51. The quantitative estimate of drug-likeness (QED) is 0.601. The predicted octanol–water partition coefficient (Wildman–Crippen LogP) is 1.63. The topological polar surface area (TPSA) is 27.0 Å². The summed E-state index contributed by atoms with van der Waals surface area (Å²) in [7, 11) is 2.12. The van der Waals surface area contributed by atoms with E-state index in [0.717, 1.165) is 6.42 Å². The van der Waals surface area contributed by atoms with Gasteiger partial charge in [0.05, 0.1) is 12.0 Å². The molecule has 0 radical (unpaired) electrons. The van der Waals surface area contributed by atoms with Crippen LogP contribution in [0.3, 0.4) is 0 Å². The Morgan fingerprint density at radius 3 is 2.82 bits per heavy atom. The highest BCUT2D eigenvalue weighted by Crippen LogP contribution is 2.23. The lowest BCUT2D eigenvalue weighted by Crippen LogP contribution is -2.31. The Morgan fingerprint density at radius 1 is 1.73 bits per heavy atom. The summed E-state index contributed by atoms with van der Waals surface area (Å²) >= 11 is 0. The summed E-state index contributed by atoms with van der Waals surface area (Å²) in [5.74, 6) is 0.252. The van der Waals surface area contributed by atoms with Gasteiger partial charge in [-0.15, -0.1) is 0 Å². The number of rotatable bonds is 2. The van der Waals surface area contributed by atoms with Crippen molar-refractivity contribution in [1.82, 2.24) is 4.90 Å². The molecule has 2 unspecified atom stereocenters. The third-order valence-corrected chi connectivity index (χ3v) is 2.65. The standard InChI is InChI=1S/C9H16N2/c1-3-8(7-10)9-5-4-6-11(9)2/h8-9H,3-6H2,1-2H3. The molecule has 11 heavy (non-hydrogen) atoms. The van der Waals surface area contributed by atoms with Crippen LogP contribution in [0, 0.1) is 17.2 Å². The zero-order valence-corrected chi connectivity index (χ0v) is 7.38. The lowest BCUT2D eigenvalue weighted by molar-refractivity contribution is 0.256. The molecular formula is C9H16N2. The maximum Gasteiger partial charge on any atom is 0.0672 e. The highest BCUT2D eigenvalue weighted by atomic mass is 15.1. The van der Waals surface area contributed by atoms with Crippen molar-refractivity contribution in [3.8, 4) is 6.07 Å². The van der Waals surface area contributed by atoms with E-state index in [1.54, 1.807) is 0 Å². The Hall–Kier alpha value is -0.550. The van der Waals surface area contributed by atoms with Crippen LogP contribution in [0.15, 0.2) is 0 Å². The first-order valence-corrected chi connectivity index (χ1v) is 4.39. The van der Waals surface area contributed by atoms with Gasteiger partial charge in [-0.1, -0.05) is 6.92 Å². The highest BCUT2D eigenvalue weighted by Gasteiger charge is 2.27. The Bertz CT molecular complexity index is 159. The second kappa shape index (κ2) is 3.73. The van der Waals surface area contributed by atoms with Gasteiger partial charge in [0.2, 0.25) is 0 Å². The molecule has 1 aliphatic rings. The fraction of sp³-hybridized carbons (Fsp3) is 0.889. The molecule has 0 aromatic heterocycles. The van der Waals surface area contributed by atoms with Crippen LogP contribution in [-0.4, -0.2) is 24.5 Å². The normalized spacial score (nSPS) is 28.3. The Kier molecular flexibility index (Phi) is 2.90. The van der Waals surface area contributed by atoms with Crippen LogP contribution < -0.4 is 0 Å². The van der Waals surface area contributed by atoms with Gasteiger partial charge in [-0.3, -0.25) is 0 Å². The minimum atomic E-state index is 0.252. The molecule has 0 amide bonds. The third kappa shape index (κ3) is 1.72. The van der Waals surface area contributed by atoms with E-state index < -0.39 is 0 Å². The molecular weight excluding hydrogens is 136 g/mol. The van der Waals surface area contributed by atoms with E-state index in [-0.39, 0.29) is 5.92 Å². The summed E-state index contributed by atoms with van der Waals surface area (Å²) in [4.78, 5) is 2.32. The molecule has 0 N–H and O–H groups in total. The first kappa shape index (κ1) is 8.55. The molecule has 0 aliphatic carbocycles. The van der Waals surface area contributed by atoms with Crippen LogP contribution in [-0.2, 0) is 0 Å². The number of hydrogen-bond acceptors (Lipinski definition) is 2. The number of nitrogens with zero attached hydrogens (tertiary/aromatic N) is 2. The molecule has 1 saturated heterocycles. The van der Waals surface area contributed by atoms with E-state index in [1.807, 2.05) is 0 Å². The second-order valence-corrected chi connectivity index (χ2v) is 3.33. The lowest BCUT2D eigenvalue weighted by Gasteiger charge is -2.22. The summed E-state index contributed by atoms with van der Waals surface area (Å²) in [6, 6.07) is 2.91. The molecule has 2 heteroatoms. The third-order valence-electron chi connectivity index (χ3n) is 2.65. The summed E-state index contributed by atoms with van der Waals surface area (Å²) in [6.45, 7) is 3.27. The van der Waals surface area contributed by atoms with Crippen LogP contribution in [0.25, 0.3) is 0 Å². The Morgan fingerprint density at radius 2 is 2.45 bits per heavy atom. The molecule has 1 rings (SSSR count). The molecule has 0 aromatic rings. The van der Waals surface area contributed by atoms with E-state index in [1.165, 1.54) is 19.4 Å². The fourth-order valence-electron chi connectivity index (χ4n) is 1.89. The fourth-order valence-corrected chi connectivity index (χ4v) is 1.89. The molecule has 1 aliphatic heterocycles. The first-order chi connectivity index (χ1) is 5.29. The highest BCUT2D eigenvalue weighted by molar-refractivity contribution is 4.94. The summed E-state index contributed by atoms with van der Waals surface area (Å²) < 4.78 is 0. The zero-order chi connectivity index (χ0) is 8.27. The number of nitriles is 1. The second-order valence-electron chi connectivity index (χ2n) is 3.33. The summed E-state index contributed by atoms with van der Waals surface area (Å²) in [6.07, 6.45) is 3.47. The average Bonchev–Trinajstić information content (AvgIpc) is 2.40. The van der Waals surface area contributed by atoms with Gasteiger partial charge in [-0.2, -0.15) is 5.26 Å². The molecule has 2 atom stereocenters. The van der Waals surface area contributed by atoms with Gasteiger partial charge in [-0.05, 0) is 32.9 Å². The van der Waals surface area contributed by atoms with Gasteiger partial charge < -0.3 is 4.90 Å². The maximum atomic E-state index is 8.83. The molecule has 0 aromatic carbocycles. The van der Waals surface area contributed by atoms with Gasteiger partial charge >= 0.3 is 0 Å². The van der Waals surface area contributed by atoms with Crippen molar-refractivity contribution in [3.05, 3.63) is 0 Å². The molecule has 62 valence electrons. The smallest absolute Gasteiger partial charge is 0.0672 e. The van der Waals surface area contributed by atoms with Crippen LogP contribution in [0.5, 0.6) is 0 Å². The van der Waals surface area contributed by atoms with E-state index in [4.69, 9.17) is 5.26 Å². The predicted molar refractivity (Wildman–Crippen MR) is 45.0 cm³/mol. The molecule has 2 nitrogen and oxygen atoms in total. The zero-order valence-electron chi connectivity index (χ0n) is 7.38. The monoisotopic (exact) mass is 152 g/mol. The van der Waals surface area contributed by atoms with E-state index in [2.05, 4.69) is 24.9 Å². The Labute approximate surface area is 68.8 Å². The minimum Gasteiger partial charge on any atom is -0.302 e. The lowest BCUT2D eigenvalue weighted by atomic mass is 9.97. The van der Waals surface area contributed by atoms with Gasteiger partial charge in [0, 0.05) is 6.04 Å². The van der Waals surface area contributed by atoms with Crippen molar-refractivity contribution in [1.29, 1.82) is 5.26 Å². The van der Waals surface area contributed by atoms with E-state index in [0.29, 0.717) is 6.04 Å². The van der Waals surface area contributed by atoms with Gasteiger partial charge in [0.15, 0.2) is 0 Å². The SMILES string of the molecule is CCC(C#N)C1CCCN1C. The van der Waals surface area contributed by atoms with Gasteiger partial charge in [0.25, 0.3) is 0 Å². The van der Waals surface area contributed by atoms with Gasteiger partial charge in [0.1, 0.15) is 0 Å². The number of hydrogen-bond donors (Lipinski definition) is 0. The van der Waals surface area contributed by atoms with Crippen molar-refractivity contribution in [3.63, 3.8) is 0 Å². The molecule has 1 heterocycles. The summed E-state index contributed by atoms with van der Waals surface area (Å²) in [5.41, 5.74) is 0. The van der Waals surface area contributed by atoms with Crippen molar-refractivity contribution < 1.29 is 0 Å². The summed E-state index contributed by atoms with van der Waals surface area (Å²) in [5, 5.41) is 8.83. The van der Waals surface area contributed by atoms with E-state index >= 15 is 0 Å². The van der Waals surface area contributed by atoms with Crippen molar-refractivity contribution in [2.45, 2.75) is 32.2 Å². The van der Waals surface area contributed by atoms with Crippen LogP contribution >= 0.6 is 0 Å².